The van der Waals surface area contributed by atoms with Crippen molar-refractivity contribution in [1.82, 2.24) is 4.31 Å². The van der Waals surface area contributed by atoms with Crippen LogP contribution >= 0.6 is 0 Å². The largest absolute Gasteiger partial charge is 0.269 e. The number of benzene rings is 4. The fourth-order valence-corrected chi connectivity index (χ4v) is 5.18. The lowest BCUT2D eigenvalue weighted by Gasteiger charge is -2.29. The van der Waals surface area contributed by atoms with E-state index < -0.39 is 22.0 Å². The van der Waals surface area contributed by atoms with Crippen molar-refractivity contribution in [2.45, 2.75) is 24.8 Å². The maximum absolute atomic E-state index is 14.0. The van der Waals surface area contributed by atoms with Gasteiger partial charge in [-0.1, -0.05) is 96.3 Å². The summed E-state index contributed by atoms with van der Waals surface area (Å²) in [7, 11) is -4.25. The molecule has 4 aromatic rings. The summed E-state index contributed by atoms with van der Waals surface area (Å²) in [6.07, 6.45) is 0. The molecular formula is C30H25NO3S. The van der Waals surface area contributed by atoms with E-state index in [1.165, 1.54) is 12.1 Å². The lowest BCUT2D eigenvalue weighted by atomic mass is 10.0. The first-order chi connectivity index (χ1) is 16.9. The SMILES string of the molecule is Cc1ccc(S(=O)(=O)N(C(=O)c2ccccc2C)C(C#Cc2ccccc2)c2ccccc2)cc1. The van der Waals surface area contributed by atoms with Crippen LogP contribution < -0.4 is 0 Å². The van der Waals surface area contributed by atoms with E-state index in [2.05, 4.69) is 11.8 Å². The van der Waals surface area contributed by atoms with Crippen molar-refractivity contribution in [2.75, 3.05) is 0 Å². The summed E-state index contributed by atoms with van der Waals surface area (Å²) in [5, 5.41) is 0. The molecule has 0 heterocycles. The molecule has 35 heavy (non-hydrogen) atoms. The number of hydrogen-bond acceptors (Lipinski definition) is 3. The van der Waals surface area contributed by atoms with Gasteiger partial charge in [-0.3, -0.25) is 4.79 Å². The van der Waals surface area contributed by atoms with E-state index in [1.807, 2.05) is 49.4 Å². The van der Waals surface area contributed by atoms with Gasteiger partial charge in [-0.15, -0.1) is 0 Å². The van der Waals surface area contributed by atoms with Crippen molar-refractivity contribution in [3.05, 3.63) is 137 Å². The Bertz CT molecular complexity index is 1480. The minimum Gasteiger partial charge on any atom is -0.268 e. The number of nitrogens with zero attached hydrogens (tertiary/aromatic N) is 1. The van der Waals surface area contributed by atoms with Crippen molar-refractivity contribution < 1.29 is 13.2 Å². The molecule has 0 aliphatic heterocycles. The third kappa shape index (κ3) is 5.34. The Kier molecular flexibility index (Phi) is 7.14. The predicted octanol–water partition coefficient (Wildman–Crippen LogP) is 5.93. The molecule has 0 fully saturated rings. The van der Waals surface area contributed by atoms with Crippen LogP contribution in [0, 0.1) is 25.7 Å². The van der Waals surface area contributed by atoms with Crippen LogP contribution in [0.5, 0.6) is 0 Å². The van der Waals surface area contributed by atoms with Gasteiger partial charge >= 0.3 is 0 Å². The van der Waals surface area contributed by atoms with E-state index in [0.717, 1.165) is 15.4 Å². The van der Waals surface area contributed by atoms with Gasteiger partial charge in [0, 0.05) is 11.1 Å². The lowest BCUT2D eigenvalue weighted by Crippen LogP contribution is -2.40. The molecule has 174 valence electrons. The summed E-state index contributed by atoms with van der Waals surface area (Å²) >= 11 is 0. The molecule has 4 aromatic carbocycles. The minimum absolute atomic E-state index is 0.0347. The lowest BCUT2D eigenvalue weighted by molar-refractivity contribution is 0.0841. The van der Waals surface area contributed by atoms with Crippen LogP contribution in [0.25, 0.3) is 0 Å². The summed E-state index contributed by atoms with van der Waals surface area (Å²) in [6, 6.07) is 30.7. The number of aryl methyl sites for hydroxylation is 2. The van der Waals surface area contributed by atoms with Crippen LogP contribution in [-0.2, 0) is 10.0 Å². The first-order valence-corrected chi connectivity index (χ1v) is 12.6. The highest BCUT2D eigenvalue weighted by Gasteiger charge is 2.37. The number of sulfonamides is 1. The van der Waals surface area contributed by atoms with Crippen LogP contribution in [0.2, 0.25) is 0 Å². The standard InChI is InChI=1S/C30H25NO3S/c1-23-17-20-27(21-18-23)35(33,34)31(30(32)28-16-10-9-11-24(28)2)29(26-14-7-4-8-15-26)22-19-25-12-5-3-6-13-25/h3-18,20-21,29H,1-2H3. The van der Waals surface area contributed by atoms with Crippen LogP contribution in [-0.4, -0.2) is 18.6 Å². The summed E-state index contributed by atoms with van der Waals surface area (Å²) in [5.74, 6) is 5.53. The number of rotatable bonds is 5. The molecule has 4 rings (SSSR count). The van der Waals surface area contributed by atoms with Crippen molar-refractivity contribution in [1.29, 1.82) is 0 Å². The fourth-order valence-electron chi connectivity index (χ4n) is 3.71. The molecule has 5 heteroatoms. The average molecular weight is 480 g/mol. The van der Waals surface area contributed by atoms with Gasteiger partial charge in [-0.05, 0) is 55.3 Å². The van der Waals surface area contributed by atoms with Crippen molar-refractivity contribution >= 4 is 15.9 Å². The molecule has 1 unspecified atom stereocenters. The van der Waals surface area contributed by atoms with Crippen LogP contribution in [0.15, 0.2) is 114 Å². The normalized spacial score (nSPS) is 11.7. The van der Waals surface area contributed by atoms with Crippen LogP contribution in [0.3, 0.4) is 0 Å². The van der Waals surface area contributed by atoms with Gasteiger partial charge in [-0.2, -0.15) is 0 Å². The minimum atomic E-state index is -4.25. The van der Waals surface area contributed by atoms with Gasteiger partial charge in [0.2, 0.25) is 0 Å². The van der Waals surface area contributed by atoms with E-state index in [0.29, 0.717) is 16.7 Å². The molecule has 4 nitrogen and oxygen atoms in total. The Morgan fingerprint density at radius 3 is 1.94 bits per heavy atom. The number of amides is 1. The van der Waals surface area contributed by atoms with Gasteiger partial charge in [-0.25, -0.2) is 12.7 Å². The molecule has 0 radical (unpaired) electrons. The summed E-state index contributed by atoms with van der Waals surface area (Å²) in [5.41, 5.74) is 3.25. The second kappa shape index (κ2) is 10.4. The van der Waals surface area contributed by atoms with E-state index in [1.54, 1.807) is 61.5 Å². The Morgan fingerprint density at radius 1 is 0.743 bits per heavy atom. The molecule has 0 aromatic heterocycles. The van der Waals surface area contributed by atoms with E-state index in [-0.39, 0.29) is 4.90 Å². The van der Waals surface area contributed by atoms with E-state index >= 15 is 0 Å². The second-order valence-electron chi connectivity index (χ2n) is 8.18. The topological polar surface area (TPSA) is 54.5 Å². The molecule has 1 atom stereocenters. The van der Waals surface area contributed by atoms with Gasteiger partial charge in [0.25, 0.3) is 15.9 Å². The highest BCUT2D eigenvalue weighted by Crippen LogP contribution is 2.30. The van der Waals surface area contributed by atoms with E-state index in [4.69, 9.17) is 0 Å². The fraction of sp³-hybridized carbons (Fsp3) is 0.100. The third-order valence-corrected chi connectivity index (χ3v) is 7.39. The molecule has 0 aliphatic rings. The zero-order valence-electron chi connectivity index (χ0n) is 19.5. The summed E-state index contributed by atoms with van der Waals surface area (Å²) in [4.78, 5) is 14.0. The Morgan fingerprint density at radius 2 is 1.31 bits per heavy atom. The quantitative estimate of drug-likeness (QED) is 0.334. The Labute approximate surface area is 206 Å². The number of carbonyl (C=O) groups is 1. The first-order valence-electron chi connectivity index (χ1n) is 11.2. The third-order valence-electron chi connectivity index (χ3n) is 5.63. The molecule has 0 bridgehead atoms. The monoisotopic (exact) mass is 479 g/mol. The summed E-state index contributed by atoms with van der Waals surface area (Å²) < 4.78 is 29.0. The maximum atomic E-state index is 14.0. The van der Waals surface area contributed by atoms with Gasteiger partial charge in [0.15, 0.2) is 0 Å². The molecule has 0 saturated carbocycles. The molecule has 1 amide bonds. The highest BCUT2D eigenvalue weighted by atomic mass is 32.2. The smallest absolute Gasteiger partial charge is 0.268 e. The van der Waals surface area contributed by atoms with E-state index in [9.17, 15) is 13.2 Å². The van der Waals surface area contributed by atoms with Gasteiger partial charge in [0.05, 0.1) is 4.90 Å². The van der Waals surface area contributed by atoms with Crippen molar-refractivity contribution in [2.24, 2.45) is 0 Å². The molecule has 0 aliphatic carbocycles. The number of hydrogen-bond donors (Lipinski definition) is 0. The maximum Gasteiger partial charge on any atom is 0.269 e. The Balaban J connectivity index is 1.94. The zero-order valence-corrected chi connectivity index (χ0v) is 20.4. The summed E-state index contributed by atoms with van der Waals surface area (Å²) in [6.45, 7) is 3.67. The average Bonchev–Trinajstić information content (AvgIpc) is 2.87. The van der Waals surface area contributed by atoms with Gasteiger partial charge < -0.3 is 0 Å². The molecular weight excluding hydrogens is 454 g/mol. The van der Waals surface area contributed by atoms with Crippen molar-refractivity contribution in [3.8, 4) is 11.8 Å². The van der Waals surface area contributed by atoms with Crippen molar-refractivity contribution in [3.63, 3.8) is 0 Å². The Hall–Kier alpha value is -4.14. The predicted molar refractivity (Wildman–Crippen MR) is 138 cm³/mol. The van der Waals surface area contributed by atoms with Crippen LogP contribution in [0.1, 0.15) is 38.7 Å². The first kappa shape index (κ1) is 24.0. The highest BCUT2D eigenvalue weighted by molar-refractivity contribution is 7.89. The zero-order chi connectivity index (χ0) is 24.8. The molecule has 0 saturated heterocycles. The molecule has 0 spiro atoms. The molecule has 0 N–H and O–H groups in total. The number of carbonyl (C=O) groups excluding carboxylic acids is 1. The second-order valence-corrected chi connectivity index (χ2v) is 10.00. The van der Waals surface area contributed by atoms with Crippen LogP contribution in [0.4, 0.5) is 0 Å². The van der Waals surface area contributed by atoms with Gasteiger partial charge in [0.1, 0.15) is 6.04 Å².